The van der Waals surface area contributed by atoms with E-state index in [1.54, 1.807) is 0 Å². The van der Waals surface area contributed by atoms with Crippen LogP contribution in [-0.4, -0.2) is 35.9 Å². The van der Waals surface area contributed by atoms with Crippen molar-refractivity contribution in [3.8, 4) is 0 Å². The Kier molecular flexibility index (Phi) is 8.86. The van der Waals surface area contributed by atoms with E-state index in [1.165, 1.54) is 4.67 Å². The standard InChI is InChI=1S/C8H18N2O4P.Y/c1-3-6-10-8(14-11)5-7-13-15(10,12)9-4-2;/h8,11H,2-7H2,1H3,(H,9,12);/q-1;. The quantitative estimate of drug-likeness (QED) is 0.345. The first-order chi connectivity index (χ1) is 7.18. The first-order valence-electron chi connectivity index (χ1n) is 5.04. The molecule has 8 heteroatoms. The molecule has 1 radical (unpaired) electrons. The molecule has 2 N–H and O–H groups in total. The molecule has 2 atom stereocenters. The van der Waals surface area contributed by atoms with Gasteiger partial charge in [0, 0.05) is 45.7 Å². The molecule has 0 bridgehead atoms. The molecule has 0 aromatic rings. The molecule has 0 amide bonds. The van der Waals surface area contributed by atoms with Crippen LogP contribution < -0.4 is 5.09 Å². The van der Waals surface area contributed by atoms with Gasteiger partial charge in [0.2, 0.25) is 0 Å². The smallest absolute Gasteiger partial charge is 0.329 e. The van der Waals surface area contributed by atoms with E-state index in [9.17, 15) is 4.57 Å². The molecule has 1 rings (SSSR count). The van der Waals surface area contributed by atoms with E-state index < -0.39 is 13.9 Å². The maximum Gasteiger partial charge on any atom is 0.343 e. The third-order valence-electron chi connectivity index (χ3n) is 2.19. The molecule has 1 aliphatic rings. The summed E-state index contributed by atoms with van der Waals surface area (Å²) in [7, 11) is -3.08. The van der Waals surface area contributed by atoms with Gasteiger partial charge < -0.3 is 11.4 Å². The minimum absolute atomic E-state index is 0. The molecule has 93 valence electrons. The number of hydrogen-bond donors (Lipinski definition) is 2. The summed E-state index contributed by atoms with van der Waals surface area (Å²) in [6.07, 6.45) is 0.731. The van der Waals surface area contributed by atoms with E-state index >= 15 is 0 Å². The van der Waals surface area contributed by atoms with E-state index in [1.807, 2.05) is 6.92 Å². The minimum Gasteiger partial charge on any atom is -0.329 e. The van der Waals surface area contributed by atoms with Crippen molar-refractivity contribution in [2.75, 3.05) is 19.7 Å². The zero-order valence-electron chi connectivity index (χ0n) is 9.46. The van der Waals surface area contributed by atoms with Crippen molar-refractivity contribution in [3.05, 3.63) is 6.92 Å². The molecule has 1 fully saturated rings. The van der Waals surface area contributed by atoms with E-state index in [0.717, 1.165) is 6.42 Å². The van der Waals surface area contributed by atoms with Gasteiger partial charge in [0.1, 0.15) is 0 Å². The molecular formula is C8H18N2O4PY-. The fourth-order valence-electron chi connectivity index (χ4n) is 1.56. The van der Waals surface area contributed by atoms with Crippen molar-refractivity contribution in [3.63, 3.8) is 0 Å². The van der Waals surface area contributed by atoms with Gasteiger partial charge in [0.25, 0.3) is 0 Å². The molecule has 2 unspecified atom stereocenters. The van der Waals surface area contributed by atoms with Crippen LogP contribution in [0.5, 0.6) is 0 Å². The zero-order chi connectivity index (χ0) is 11.3. The average Bonchev–Trinajstić information content (AvgIpc) is 2.22. The third-order valence-corrected chi connectivity index (χ3v) is 4.48. The summed E-state index contributed by atoms with van der Waals surface area (Å²) in [6, 6.07) is 0. The molecule has 0 aliphatic carbocycles. The summed E-state index contributed by atoms with van der Waals surface area (Å²) in [4.78, 5) is 4.31. The molecule has 6 nitrogen and oxygen atoms in total. The van der Waals surface area contributed by atoms with Crippen molar-refractivity contribution < 1.29 is 51.9 Å². The molecule has 1 aliphatic heterocycles. The van der Waals surface area contributed by atoms with E-state index in [4.69, 9.17) is 9.78 Å². The number of hydrogen-bond acceptors (Lipinski definition) is 4. The van der Waals surface area contributed by atoms with Crippen molar-refractivity contribution in [1.82, 2.24) is 9.76 Å². The predicted molar refractivity (Wildman–Crippen MR) is 56.0 cm³/mol. The van der Waals surface area contributed by atoms with Gasteiger partial charge in [-0.1, -0.05) is 6.92 Å². The Hall–Kier alpha value is 1.13. The van der Waals surface area contributed by atoms with Crippen LogP contribution in [0.3, 0.4) is 0 Å². The van der Waals surface area contributed by atoms with Crippen LogP contribution in [0.1, 0.15) is 19.8 Å². The van der Waals surface area contributed by atoms with Crippen molar-refractivity contribution >= 4 is 7.67 Å². The van der Waals surface area contributed by atoms with E-state index in [-0.39, 0.29) is 32.7 Å². The molecule has 1 saturated heterocycles. The number of rotatable bonds is 5. The van der Waals surface area contributed by atoms with Crippen LogP contribution in [0, 0.1) is 6.92 Å². The van der Waals surface area contributed by atoms with Gasteiger partial charge in [-0.15, -0.1) is 6.54 Å². The molecular weight excluding hydrogens is 308 g/mol. The fraction of sp³-hybridized carbons (Fsp3) is 0.875. The Labute approximate surface area is 121 Å². The summed E-state index contributed by atoms with van der Waals surface area (Å²) in [5.41, 5.74) is 0. The fourth-order valence-corrected chi connectivity index (χ4v) is 3.58. The van der Waals surface area contributed by atoms with Crippen LogP contribution >= 0.6 is 7.67 Å². The Morgan fingerprint density at radius 2 is 2.44 bits per heavy atom. The summed E-state index contributed by atoms with van der Waals surface area (Å²) < 4.78 is 19.1. The summed E-state index contributed by atoms with van der Waals surface area (Å²) in [5.74, 6) is 0. The van der Waals surface area contributed by atoms with Gasteiger partial charge in [-0.05, 0) is 6.42 Å². The van der Waals surface area contributed by atoms with Gasteiger partial charge in [-0.25, -0.2) is 4.89 Å². The number of nitrogens with one attached hydrogen (secondary N) is 1. The second-order valence-electron chi connectivity index (χ2n) is 3.27. The number of nitrogens with zero attached hydrogens (tertiary/aromatic N) is 1. The minimum atomic E-state index is -3.08. The predicted octanol–water partition coefficient (Wildman–Crippen LogP) is 1.46. The van der Waals surface area contributed by atoms with E-state index in [2.05, 4.69) is 16.9 Å². The third kappa shape index (κ3) is 4.11. The second-order valence-corrected chi connectivity index (χ2v) is 5.40. The van der Waals surface area contributed by atoms with Gasteiger partial charge in [-0.3, -0.25) is 14.9 Å². The zero-order valence-corrected chi connectivity index (χ0v) is 13.2. The molecule has 0 aromatic heterocycles. The summed E-state index contributed by atoms with van der Waals surface area (Å²) >= 11 is 0. The first kappa shape index (κ1) is 17.1. The second kappa shape index (κ2) is 8.27. The topological polar surface area (TPSA) is 71.0 Å². The van der Waals surface area contributed by atoms with Gasteiger partial charge in [0.15, 0.2) is 6.23 Å². The van der Waals surface area contributed by atoms with Gasteiger partial charge in [0.05, 0.1) is 6.61 Å². The molecule has 0 aromatic carbocycles. The van der Waals surface area contributed by atoms with Crippen LogP contribution in [0.4, 0.5) is 0 Å². The maximum atomic E-state index is 12.3. The largest absolute Gasteiger partial charge is 0.343 e. The van der Waals surface area contributed by atoms with E-state index in [0.29, 0.717) is 26.1 Å². The monoisotopic (exact) mass is 326 g/mol. The SMILES string of the molecule is [CH2-]CNP1(=O)OCCC(OO)N1CCC.[Y]. The van der Waals surface area contributed by atoms with Crippen LogP contribution in [0.25, 0.3) is 0 Å². The first-order valence-corrected chi connectivity index (χ1v) is 6.62. The van der Waals surface area contributed by atoms with Crippen LogP contribution in [0.2, 0.25) is 0 Å². The Morgan fingerprint density at radius 3 is 2.94 bits per heavy atom. The maximum absolute atomic E-state index is 12.3. The van der Waals surface area contributed by atoms with Gasteiger partial charge >= 0.3 is 7.67 Å². The van der Waals surface area contributed by atoms with Crippen molar-refractivity contribution in [2.45, 2.75) is 26.0 Å². The summed E-state index contributed by atoms with van der Waals surface area (Å²) in [6.45, 7) is 6.67. The molecule has 0 spiro atoms. The summed E-state index contributed by atoms with van der Waals surface area (Å²) in [5, 5.41) is 11.4. The normalized spacial score (nSPS) is 31.1. The van der Waals surface area contributed by atoms with Gasteiger partial charge in [-0.2, -0.15) is 4.67 Å². The van der Waals surface area contributed by atoms with Crippen LogP contribution in [-0.2, 0) is 46.7 Å². The van der Waals surface area contributed by atoms with Crippen molar-refractivity contribution in [1.29, 1.82) is 0 Å². The molecule has 0 saturated carbocycles. The Bertz CT molecular complexity index is 238. The average molecular weight is 326 g/mol. The Balaban J connectivity index is 0.00000225. The Morgan fingerprint density at radius 1 is 1.75 bits per heavy atom. The van der Waals surface area contributed by atoms with Crippen LogP contribution in [0.15, 0.2) is 0 Å². The molecule has 16 heavy (non-hydrogen) atoms. The molecule has 1 heterocycles. The van der Waals surface area contributed by atoms with Crippen molar-refractivity contribution in [2.24, 2.45) is 0 Å².